The molecule has 1 aliphatic rings. The number of rotatable bonds is 5. The normalized spacial score (nSPS) is 17.2. The summed E-state index contributed by atoms with van der Waals surface area (Å²) in [6, 6.07) is 3.56. The van der Waals surface area contributed by atoms with E-state index in [4.69, 9.17) is 0 Å². The van der Waals surface area contributed by atoms with Gasteiger partial charge < -0.3 is 15.5 Å². The molecule has 2 N–H and O–H groups in total. The highest BCUT2D eigenvalue weighted by Gasteiger charge is 2.31. The summed E-state index contributed by atoms with van der Waals surface area (Å²) in [6.07, 6.45) is -1.06. The van der Waals surface area contributed by atoms with Crippen LogP contribution in [0.15, 0.2) is 30.6 Å². The quantitative estimate of drug-likeness (QED) is 0.827. The third kappa shape index (κ3) is 4.70. The first-order valence-corrected chi connectivity index (χ1v) is 8.42. The number of hydrogen-bond donors (Lipinski definition) is 2. The van der Waals surface area contributed by atoms with E-state index in [-0.39, 0.29) is 30.1 Å². The Hall–Kier alpha value is -2.75. The van der Waals surface area contributed by atoms with Gasteiger partial charge in [-0.2, -0.15) is 13.2 Å². The predicted molar refractivity (Wildman–Crippen MR) is 92.4 cm³/mol. The Balaban J connectivity index is 1.71. The van der Waals surface area contributed by atoms with Gasteiger partial charge in [0.1, 0.15) is 5.82 Å². The van der Waals surface area contributed by atoms with E-state index in [1.807, 2.05) is 0 Å². The van der Waals surface area contributed by atoms with Crippen molar-refractivity contribution in [2.75, 3.05) is 32.0 Å². The van der Waals surface area contributed by atoms with Crippen molar-refractivity contribution in [2.24, 2.45) is 0 Å². The number of likely N-dealkylation sites (tertiary alicyclic amines) is 1. The number of nitrogens with one attached hydrogen (secondary N) is 2. The smallest absolute Gasteiger partial charge is 0.341 e. The van der Waals surface area contributed by atoms with Crippen LogP contribution in [0.1, 0.15) is 23.6 Å². The lowest BCUT2D eigenvalue weighted by Crippen LogP contribution is -2.35. The molecule has 27 heavy (non-hydrogen) atoms. The summed E-state index contributed by atoms with van der Waals surface area (Å²) < 4.78 is 38.4. The fraction of sp³-hybridized carbons (Fsp3) is 0.412. The maximum atomic E-state index is 12.8. The predicted octanol–water partition coefficient (Wildman–Crippen LogP) is 2.17. The second kappa shape index (κ2) is 7.87. The van der Waals surface area contributed by atoms with Crippen molar-refractivity contribution in [3.63, 3.8) is 0 Å². The van der Waals surface area contributed by atoms with E-state index in [1.54, 1.807) is 18.0 Å². The number of amides is 1. The van der Waals surface area contributed by atoms with Crippen molar-refractivity contribution >= 4 is 17.7 Å². The van der Waals surface area contributed by atoms with E-state index in [1.165, 1.54) is 6.20 Å². The third-order valence-corrected chi connectivity index (χ3v) is 4.29. The minimum absolute atomic E-state index is 0.0132. The lowest BCUT2D eigenvalue weighted by molar-refractivity contribution is -0.137. The number of hydrogen-bond acceptors (Lipinski definition) is 6. The molecule has 10 heteroatoms. The van der Waals surface area contributed by atoms with Crippen LogP contribution in [0, 0.1) is 0 Å². The lowest BCUT2D eigenvalue weighted by atomic mass is 10.1. The van der Waals surface area contributed by atoms with Gasteiger partial charge in [-0.25, -0.2) is 15.0 Å². The second-order valence-electron chi connectivity index (χ2n) is 6.21. The summed E-state index contributed by atoms with van der Waals surface area (Å²) in [6.45, 7) is 1.48. The molecule has 0 unspecified atom stereocenters. The summed E-state index contributed by atoms with van der Waals surface area (Å²) in [5, 5.41) is 5.55. The van der Waals surface area contributed by atoms with Gasteiger partial charge in [0, 0.05) is 31.4 Å². The highest BCUT2D eigenvalue weighted by Crippen LogP contribution is 2.30. The van der Waals surface area contributed by atoms with Gasteiger partial charge in [-0.15, -0.1) is 0 Å². The molecule has 0 radical (unpaired) electrons. The van der Waals surface area contributed by atoms with Crippen LogP contribution in [0.4, 0.5) is 24.9 Å². The zero-order valence-corrected chi connectivity index (χ0v) is 14.6. The number of carbonyl (C=O) groups is 1. The molecular weight excluding hydrogens is 361 g/mol. The minimum atomic E-state index is -4.45. The number of aromatic nitrogens is 3. The van der Waals surface area contributed by atoms with E-state index in [2.05, 4.69) is 25.6 Å². The van der Waals surface area contributed by atoms with Gasteiger partial charge in [-0.05, 0) is 31.7 Å². The van der Waals surface area contributed by atoms with Crippen LogP contribution in [0.2, 0.25) is 0 Å². The Morgan fingerprint density at radius 3 is 2.81 bits per heavy atom. The zero-order chi connectivity index (χ0) is 19.4. The molecule has 2 aromatic rings. The van der Waals surface area contributed by atoms with E-state index in [9.17, 15) is 18.0 Å². The van der Waals surface area contributed by atoms with Crippen molar-refractivity contribution < 1.29 is 18.0 Å². The van der Waals surface area contributed by atoms with Crippen molar-refractivity contribution in [3.8, 4) is 0 Å². The van der Waals surface area contributed by atoms with Gasteiger partial charge in [0.05, 0.1) is 17.8 Å². The van der Waals surface area contributed by atoms with Crippen LogP contribution in [-0.2, 0) is 11.0 Å². The Morgan fingerprint density at radius 1 is 1.30 bits per heavy atom. The number of carbonyl (C=O) groups excluding carboxylic acids is 1. The number of nitrogens with zero attached hydrogens (tertiary/aromatic N) is 4. The maximum Gasteiger partial charge on any atom is 0.416 e. The molecule has 0 bridgehead atoms. The standard InChI is InChI=1S/C17H19F3N6O/c1-21-9-15(27)26-7-4-11(10-26)13-3-6-23-16(24-13)25-14-8-12(2-5-22-14)17(18,19)20/h2-3,5-6,8,11,21H,4,7,9-10H2,1H3,(H,22,23,24,25)/t11-/m0/s1. The molecule has 0 aliphatic carbocycles. The number of halogens is 3. The monoisotopic (exact) mass is 380 g/mol. The van der Waals surface area contributed by atoms with Gasteiger partial charge in [0.25, 0.3) is 0 Å². The molecule has 0 saturated carbocycles. The number of alkyl halides is 3. The van der Waals surface area contributed by atoms with Gasteiger partial charge >= 0.3 is 6.18 Å². The van der Waals surface area contributed by atoms with Crippen molar-refractivity contribution in [1.29, 1.82) is 0 Å². The average molecular weight is 380 g/mol. The van der Waals surface area contributed by atoms with Crippen molar-refractivity contribution in [1.82, 2.24) is 25.2 Å². The number of pyridine rings is 1. The molecule has 1 aliphatic heterocycles. The fourth-order valence-electron chi connectivity index (χ4n) is 2.94. The third-order valence-electron chi connectivity index (χ3n) is 4.29. The second-order valence-corrected chi connectivity index (χ2v) is 6.21. The summed E-state index contributed by atoms with van der Waals surface area (Å²) in [7, 11) is 1.72. The molecule has 3 rings (SSSR count). The molecule has 1 fully saturated rings. The summed E-state index contributed by atoms with van der Waals surface area (Å²) in [5.74, 6) is 0.267. The van der Waals surface area contributed by atoms with Crippen LogP contribution in [0.25, 0.3) is 0 Å². The molecule has 144 valence electrons. The highest BCUT2D eigenvalue weighted by molar-refractivity contribution is 5.78. The molecule has 1 amide bonds. The number of anilines is 2. The largest absolute Gasteiger partial charge is 0.416 e. The Labute approximate surface area is 154 Å². The Kier molecular flexibility index (Phi) is 5.54. The molecule has 2 aromatic heterocycles. The maximum absolute atomic E-state index is 12.8. The summed E-state index contributed by atoms with van der Waals surface area (Å²) in [5.41, 5.74) is -0.0649. The van der Waals surface area contributed by atoms with Gasteiger partial charge in [0.15, 0.2) is 0 Å². The van der Waals surface area contributed by atoms with Crippen LogP contribution in [0.3, 0.4) is 0 Å². The first kappa shape index (κ1) is 19.0. The average Bonchev–Trinajstić information content (AvgIpc) is 3.12. The lowest BCUT2D eigenvalue weighted by Gasteiger charge is -2.16. The molecule has 0 spiro atoms. The number of likely N-dealkylation sites (N-methyl/N-ethyl adjacent to an activating group) is 1. The molecule has 1 saturated heterocycles. The Bertz CT molecular complexity index is 813. The molecule has 1 atom stereocenters. The van der Waals surface area contributed by atoms with E-state index >= 15 is 0 Å². The summed E-state index contributed by atoms with van der Waals surface area (Å²) >= 11 is 0. The zero-order valence-electron chi connectivity index (χ0n) is 14.6. The summed E-state index contributed by atoms with van der Waals surface area (Å²) in [4.78, 5) is 26.0. The highest BCUT2D eigenvalue weighted by atomic mass is 19.4. The van der Waals surface area contributed by atoms with Crippen LogP contribution >= 0.6 is 0 Å². The van der Waals surface area contributed by atoms with Crippen LogP contribution in [0.5, 0.6) is 0 Å². The van der Waals surface area contributed by atoms with E-state index in [0.29, 0.717) is 13.1 Å². The van der Waals surface area contributed by atoms with Crippen LogP contribution < -0.4 is 10.6 Å². The topological polar surface area (TPSA) is 83.0 Å². The fourth-order valence-corrected chi connectivity index (χ4v) is 2.94. The molecular formula is C17H19F3N6O. The molecule has 0 aromatic carbocycles. The molecule has 7 nitrogen and oxygen atoms in total. The van der Waals surface area contributed by atoms with Gasteiger partial charge in [0.2, 0.25) is 11.9 Å². The van der Waals surface area contributed by atoms with E-state index < -0.39 is 11.7 Å². The van der Waals surface area contributed by atoms with E-state index in [0.717, 1.165) is 30.4 Å². The van der Waals surface area contributed by atoms with Crippen molar-refractivity contribution in [2.45, 2.75) is 18.5 Å². The van der Waals surface area contributed by atoms with Crippen LogP contribution in [-0.4, -0.2) is 52.4 Å². The SMILES string of the molecule is CNCC(=O)N1CC[C@H](c2ccnc(Nc3cc(C(F)(F)F)ccn3)n2)C1. The van der Waals surface area contributed by atoms with Gasteiger partial charge in [-0.3, -0.25) is 4.79 Å². The Morgan fingerprint density at radius 2 is 2.07 bits per heavy atom. The minimum Gasteiger partial charge on any atom is -0.341 e. The molecule has 3 heterocycles. The van der Waals surface area contributed by atoms with Gasteiger partial charge in [-0.1, -0.05) is 0 Å². The first-order chi connectivity index (χ1) is 12.9. The van der Waals surface area contributed by atoms with Crippen molar-refractivity contribution in [3.05, 3.63) is 41.9 Å². The first-order valence-electron chi connectivity index (χ1n) is 8.42.